The van der Waals surface area contributed by atoms with Gasteiger partial charge in [-0.25, -0.2) is 0 Å². The van der Waals surface area contributed by atoms with Crippen molar-refractivity contribution >= 4 is 11.6 Å². The zero-order valence-electron chi connectivity index (χ0n) is 7.29. The maximum atomic E-state index is 9.65. The van der Waals surface area contributed by atoms with Crippen molar-refractivity contribution in [3.63, 3.8) is 0 Å². The van der Waals surface area contributed by atoms with Crippen LogP contribution in [0.25, 0.3) is 0 Å². The third-order valence-electron chi connectivity index (χ3n) is 1.84. The fraction of sp³-hybridized carbons (Fsp3) is 0.400. The Morgan fingerprint density at radius 1 is 1.17 bits per heavy atom. The quantitative estimate of drug-likeness (QED) is 0.749. The van der Waals surface area contributed by atoms with Crippen LogP contribution in [0.2, 0.25) is 5.02 Å². The molecule has 1 aromatic carbocycles. The number of hydrogen-bond donors (Lipinski definition) is 1. The van der Waals surface area contributed by atoms with Crippen LogP contribution >= 0.6 is 11.6 Å². The van der Waals surface area contributed by atoms with Crippen molar-refractivity contribution in [3.05, 3.63) is 34.9 Å². The van der Waals surface area contributed by atoms with E-state index in [2.05, 4.69) is 0 Å². The highest BCUT2D eigenvalue weighted by atomic mass is 35.5. The lowest BCUT2D eigenvalue weighted by atomic mass is 9.99. The van der Waals surface area contributed by atoms with Crippen LogP contribution in [0.3, 0.4) is 0 Å². The predicted octanol–water partition coefficient (Wildman–Crippen LogP) is 3.03. The highest BCUT2D eigenvalue weighted by molar-refractivity contribution is 6.30. The van der Waals surface area contributed by atoms with E-state index in [4.69, 9.17) is 11.6 Å². The Balaban J connectivity index is 2.82. The van der Waals surface area contributed by atoms with E-state index in [0.717, 1.165) is 5.56 Å². The van der Waals surface area contributed by atoms with Crippen LogP contribution in [0.1, 0.15) is 25.5 Å². The minimum atomic E-state index is -0.387. The first-order valence-corrected chi connectivity index (χ1v) is 4.42. The second-order valence-electron chi connectivity index (χ2n) is 3.24. The van der Waals surface area contributed by atoms with Gasteiger partial charge in [0.25, 0.3) is 0 Å². The van der Waals surface area contributed by atoms with Gasteiger partial charge in [0.15, 0.2) is 0 Å². The van der Waals surface area contributed by atoms with Crippen LogP contribution in [-0.4, -0.2) is 5.11 Å². The van der Waals surface area contributed by atoms with Crippen molar-refractivity contribution in [3.8, 4) is 0 Å². The lowest BCUT2D eigenvalue weighted by Gasteiger charge is -2.14. The van der Waals surface area contributed by atoms with E-state index in [0.29, 0.717) is 5.02 Å². The van der Waals surface area contributed by atoms with Crippen molar-refractivity contribution in [2.75, 3.05) is 0 Å². The summed E-state index contributed by atoms with van der Waals surface area (Å²) in [5, 5.41) is 10.3. The SMILES string of the molecule is CC(C)[C@H](O)c1ccc(Cl)cc1. The zero-order valence-corrected chi connectivity index (χ0v) is 8.05. The molecule has 0 aliphatic heterocycles. The molecule has 0 aliphatic rings. The molecule has 2 heteroatoms. The van der Waals surface area contributed by atoms with E-state index >= 15 is 0 Å². The topological polar surface area (TPSA) is 20.2 Å². The summed E-state index contributed by atoms with van der Waals surface area (Å²) in [6, 6.07) is 7.30. The molecule has 0 heterocycles. The molecule has 0 spiro atoms. The van der Waals surface area contributed by atoms with Gasteiger partial charge < -0.3 is 5.11 Å². The van der Waals surface area contributed by atoms with Crippen LogP contribution in [0, 0.1) is 5.92 Å². The number of aliphatic hydroxyl groups is 1. The van der Waals surface area contributed by atoms with Crippen LogP contribution in [-0.2, 0) is 0 Å². The molecule has 0 aromatic heterocycles. The molecular weight excluding hydrogens is 172 g/mol. The van der Waals surface area contributed by atoms with Crippen LogP contribution in [0.5, 0.6) is 0 Å². The molecule has 0 bridgehead atoms. The van der Waals surface area contributed by atoms with E-state index in [9.17, 15) is 5.11 Å². The second-order valence-corrected chi connectivity index (χ2v) is 3.68. The van der Waals surface area contributed by atoms with E-state index in [1.807, 2.05) is 26.0 Å². The Morgan fingerprint density at radius 3 is 2.08 bits per heavy atom. The molecule has 1 rings (SSSR count). The van der Waals surface area contributed by atoms with Crippen molar-refractivity contribution in [2.24, 2.45) is 5.92 Å². The van der Waals surface area contributed by atoms with E-state index < -0.39 is 0 Å². The minimum absolute atomic E-state index is 0.242. The summed E-state index contributed by atoms with van der Waals surface area (Å²) in [6.45, 7) is 3.97. The Bertz CT molecular complexity index is 241. The van der Waals surface area contributed by atoms with Gasteiger partial charge in [-0.15, -0.1) is 0 Å². The number of hydrogen-bond acceptors (Lipinski definition) is 1. The largest absolute Gasteiger partial charge is 0.388 e. The molecule has 0 unspecified atom stereocenters. The number of rotatable bonds is 2. The first-order chi connectivity index (χ1) is 5.61. The van der Waals surface area contributed by atoms with Crippen molar-refractivity contribution in [1.29, 1.82) is 0 Å². The van der Waals surface area contributed by atoms with E-state index in [1.54, 1.807) is 12.1 Å². The maximum Gasteiger partial charge on any atom is 0.0812 e. The highest BCUT2D eigenvalue weighted by Crippen LogP contribution is 2.22. The maximum absolute atomic E-state index is 9.65. The molecule has 0 fully saturated rings. The van der Waals surface area contributed by atoms with Crippen LogP contribution in [0.4, 0.5) is 0 Å². The Labute approximate surface area is 78.0 Å². The Hall–Kier alpha value is -0.530. The molecule has 1 aromatic rings. The summed E-state index contributed by atoms with van der Waals surface area (Å²) in [5.41, 5.74) is 0.925. The Morgan fingerprint density at radius 2 is 1.67 bits per heavy atom. The average Bonchev–Trinajstić information content (AvgIpc) is 2.04. The van der Waals surface area contributed by atoms with E-state index in [1.165, 1.54) is 0 Å². The standard InChI is InChI=1S/C10H13ClO/c1-7(2)10(12)8-3-5-9(11)6-4-8/h3-7,10,12H,1-2H3/t10-/m0/s1. The van der Waals surface area contributed by atoms with Crippen LogP contribution < -0.4 is 0 Å². The van der Waals surface area contributed by atoms with Gasteiger partial charge in [-0.1, -0.05) is 37.6 Å². The lowest BCUT2D eigenvalue weighted by molar-refractivity contribution is 0.127. The summed E-state index contributed by atoms with van der Waals surface area (Å²) in [7, 11) is 0. The van der Waals surface area contributed by atoms with Crippen molar-refractivity contribution in [1.82, 2.24) is 0 Å². The third kappa shape index (κ3) is 2.23. The average molecular weight is 185 g/mol. The fourth-order valence-electron chi connectivity index (χ4n) is 1.04. The molecular formula is C10H13ClO. The van der Waals surface area contributed by atoms with Crippen molar-refractivity contribution < 1.29 is 5.11 Å². The molecule has 0 saturated heterocycles. The van der Waals surface area contributed by atoms with Gasteiger partial charge in [0, 0.05) is 5.02 Å². The highest BCUT2D eigenvalue weighted by Gasteiger charge is 2.10. The molecule has 1 N–H and O–H groups in total. The van der Waals surface area contributed by atoms with Gasteiger partial charge in [0.05, 0.1) is 6.10 Å². The lowest BCUT2D eigenvalue weighted by Crippen LogP contribution is -2.04. The summed E-state index contributed by atoms with van der Waals surface area (Å²) in [6.07, 6.45) is -0.387. The normalized spacial score (nSPS) is 13.4. The molecule has 0 amide bonds. The van der Waals surface area contributed by atoms with Gasteiger partial charge >= 0.3 is 0 Å². The number of benzene rings is 1. The fourth-order valence-corrected chi connectivity index (χ4v) is 1.17. The first-order valence-electron chi connectivity index (χ1n) is 4.05. The van der Waals surface area contributed by atoms with Crippen molar-refractivity contribution in [2.45, 2.75) is 20.0 Å². The monoisotopic (exact) mass is 184 g/mol. The molecule has 1 nitrogen and oxygen atoms in total. The van der Waals surface area contributed by atoms with Crippen LogP contribution in [0.15, 0.2) is 24.3 Å². The molecule has 12 heavy (non-hydrogen) atoms. The third-order valence-corrected chi connectivity index (χ3v) is 2.09. The Kier molecular flexibility index (Phi) is 3.12. The van der Waals surface area contributed by atoms with E-state index in [-0.39, 0.29) is 12.0 Å². The molecule has 0 aliphatic carbocycles. The minimum Gasteiger partial charge on any atom is -0.388 e. The first kappa shape index (κ1) is 9.56. The summed E-state index contributed by atoms with van der Waals surface area (Å²) in [4.78, 5) is 0. The molecule has 0 radical (unpaired) electrons. The van der Waals surface area contributed by atoms with Gasteiger partial charge in [-0.05, 0) is 23.6 Å². The van der Waals surface area contributed by atoms with Gasteiger partial charge in [-0.2, -0.15) is 0 Å². The van der Waals surface area contributed by atoms with Gasteiger partial charge in [0.2, 0.25) is 0 Å². The summed E-state index contributed by atoms with van der Waals surface area (Å²) < 4.78 is 0. The number of aliphatic hydroxyl groups excluding tert-OH is 1. The molecule has 0 saturated carbocycles. The van der Waals surface area contributed by atoms with Gasteiger partial charge in [-0.3, -0.25) is 0 Å². The number of halogens is 1. The van der Waals surface area contributed by atoms with Gasteiger partial charge in [0.1, 0.15) is 0 Å². The predicted molar refractivity (Wildman–Crippen MR) is 51.2 cm³/mol. The smallest absolute Gasteiger partial charge is 0.0812 e. The second kappa shape index (κ2) is 3.92. The zero-order chi connectivity index (χ0) is 9.14. The molecule has 1 atom stereocenters. The molecule has 66 valence electrons. The summed E-state index contributed by atoms with van der Waals surface area (Å²) in [5.74, 6) is 0.242. The summed E-state index contributed by atoms with van der Waals surface area (Å²) >= 11 is 5.71.